The number of phenolic OH excluding ortho intramolecular Hbond substituents is 1. The van der Waals surface area contributed by atoms with Crippen LogP contribution in [0.15, 0.2) is 24.3 Å². The molecule has 3 heteroatoms. The Bertz CT molecular complexity index is 381. The van der Waals surface area contributed by atoms with E-state index in [1.165, 1.54) is 6.42 Å². The standard InChI is InChI=1S/C15H23NO2/c1-3-14(13-6-4-5-7-15(13)17)16-9-8-12(10-16)11-18-2/h4-7,12,14,17H,3,8-11H2,1-2H3. The number of aromatic hydroxyl groups is 1. The maximum Gasteiger partial charge on any atom is 0.120 e. The zero-order valence-electron chi connectivity index (χ0n) is 11.3. The van der Waals surface area contributed by atoms with E-state index in [1.54, 1.807) is 13.2 Å². The number of para-hydroxylation sites is 1. The molecule has 1 aliphatic heterocycles. The van der Waals surface area contributed by atoms with Crippen LogP contribution in [0.25, 0.3) is 0 Å². The van der Waals surface area contributed by atoms with Gasteiger partial charge in [-0.2, -0.15) is 0 Å². The molecule has 18 heavy (non-hydrogen) atoms. The van der Waals surface area contributed by atoms with E-state index in [4.69, 9.17) is 4.74 Å². The molecule has 1 aromatic carbocycles. The minimum atomic E-state index is 0.327. The molecular weight excluding hydrogens is 226 g/mol. The fourth-order valence-electron chi connectivity index (χ4n) is 2.96. The number of rotatable bonds is 5. The number of nitrogens with zero attached hydrogens (tertiary/aromatic N) is 1. The molecule has 2 atom stereocenters. The van der Waals surface area contributed by atoms with E-state index >= 15 is 0 Å². The van der Waals surface area contributed by atoms with Crippen LogP contribution in [0.3, 0.4) is 0 Å². The molecule has 1 saturated heterocycles. The van der Waals surface area contributed by atoms with Crippen LogP contribution in [0.5, 0.6) is 5.75 Å². The van der Waals surface area contributed by atoms with E-state index in [0.29, 0.717) is 17.7 Å². The summed E-state index contributed by atoms with van der Waals surface area (Å²) >= 11 is 0. The average molecular weight is 249 g/mol. The van der Waals surface area contributed by atoms with Crippen LogP contribution in [-0.2, 0) is 4.74 Å². The van der Waals surface area contributed by atoms with Crippen molar-refractivity contribution < 1.29 is 9.84 Å². The molecule has 0 bridgehead atoms. The van der Waals surface area contributed by atoms with Crippen molar-refractivity contribution in [1.29, 1.82) is 0 Å². The van der Waals surface area contributed by atoms with Gasteiger partial charge in [-0.05, 0) is 31.4 Å². The second kappa shape index (κ2) is 6.21. The summed E-state index contributed by atoms with van der Waals surface area (Å²) in [6.07, 6.45) is 2.22. The van der Waals surface area contributed by atoms with Gasteiger partial charge < -0.3 is 9.84 Å². The molecule has 1 heterocycles. The molecule has 0 aliphatic carbocycles. The van der Waals surface area contributed by atoms with E-state index in [1.807, 2.05) is 18.2 Å². The number of benzene rings is 1. The largest absolute Gasteiger partial charge is 0.508 e. The maximum absolute atomic E-state index is 9.99. The normalized spacial score (nSPS) is 22.2. The van der Waals surface area contributed by atoms with Crippen molar-refractivity contribution in [1.82, 2.24) is 4.90 Å². The van der Waals surface area contributed by atoms with Crippen molar-refractivity contribution in [3.8, 4) is 5.75 Å². The van der Waals surface area contributed by atoms with Crippen LogP contribution < -0.4 is 0 Å². The molecule has 1 fully saturated rings. The van der Waals surface area contributed by atoms with Crippen molar-refractivity contribution in [2.45, 2.75) is 25.8 Å². The van der Waals surface area contributed by atoms with E-state index in [0.717, 1.165) is 31.7 Å². The lowest BCUT2D eigenvalue weighted by Gasteiger charge is -2.27. The van der Waals surface area contributed by atoms with Crippen LogP contribution in [0.2, 0.25) is 0 Å². The molecule has 0 aromatic heterocycles. The van der Waals surface area contributed by atoms with E-state index < -0.39 is 0 Å². The van der Waals surface area contributed by atoms with Gasteiger partial charge in [0.2, 0.25) is 0 Å². The van der Waals surface area contributed by atoms with Crippen molar-refractivity contribution in [3.63, 3.8) is 0 Å². The molecule has 2 unspecified atom stereocenters. The van der Waals surface area contributed by atoms with Gasteiger partial charge in [0, 0.05) is 25.3 Å². The first-order valence-corrected chi connectivity index (χ1v) is 6.77. The monoisotopic (exact) mass is 249 g/mol. The lowest BCUT2D eigenvalue weighted by Crippen LogP contribution is -2.27. The molecule has 0 spiro atoms. The van der Waals surface area contributed by atoms with Gasteiger partial charge in [0.15, 0.2) is 0 Å². The lowest BCUT2D eigenvalue weighted by atomic mass is 10.0. The highest BCUT2D eigenvalue weighted by molar-refractivity contribution is 5.34. The zero-order chi connectivity index (χ0) is 13.0. The second-order valence-corrected chi connectivity index (χ2v) is 5.09. The van der Waals surface area contributed by atoms with Gasteiger partial charge >= 0.3 is 0 Å². The molecular formula is C15H23NO2. The molecule has 1 aromatic rings. The molecule has 1 aliphatic rings. The van der Waals surface area contributed by atoms with Gasteiger partial charge in [-0.25, -0.2) is 0 Å². The van der Waals surface area contributed by atoms with Crippen molar-refractivity contribution in [3.05, 3.63) is 29.8 Å². The first kappa shape index (κ1) is 13.4. The van der Waals surface area contributed by atoms with Gasteiger partial charge in [0.1, 0.15) is 5.75 Å². The Morgan fingerprint density at radius 1 is 1.44 bits per heavy atom. The van der Waals surface area contributed by atoms with Crippen molar-refractivity contribution in [2.24, 2.45) is 5.92 Å². The quantitative estimate of drug-likeness (QED) is 0.871. The number of likely N-dealkylation sites (tertiary alicyclic amines) is 1. The Balaban J connectivity index is 2.08. The number of methoxy groups -OCH3 is 1. The highest BCUT2D eigenvalue weighted by atomic mass is 16.5. The summed E-state index contributed by atoms with van der Waals surface area (Å²) in [5.41, 5.74) is 1.05. The Morgan fingerprint density at radius 2 is 2.22 bits per heavy atom. The summed E-state index contributed by atoms with van der Waals surface area (Å²) in [6, 6.07) is 8.02. The minimum absolute atomic E-state index is 0.327. The predicted octanol–water partition coefficient (Wildman–Crippen LogP) is 2.81. The van der Waals surface area contributed by atoms with Gasteiger partial charge in [-0.15, -0.1) is 0 Å². The second-order valence-electron chi connectivity index (χ2n) is 5.09. The van der Waals surface area contributed by atoms with Crippen molar-refractivity contribution >= 4 is 0 Å². The molecule has 100 valence electrons. The Kier molecular flexibility index (Phi) is 4.61. The third-order valence-electron chi connectivity index (χ3n) is 3.84. The topological polar surface area (TPSA) is 32.7 Å². The number of hydrogen-bond acceptors (Lipinski definition) is 3. The highest BCUT2D eigenvalue weighted by Gasteiger charge is 2.29. The van der Waals surface area contributed by atoms with E-state index in [9.17, 15) is 5.11 Å². The minimum Gasteiger partial charge on any atom is -0.508 e. The summed E-state index contributed by atoms with van der Waals surface area (Å²) in [4.78, 5) is 2.47. The summed E-state index contributed by atoms with van der Waals surface area (Å²) in [6.45, 7) is 5.19. The Labute approximate surface area is 109 Å². The fourth-order valence-corrected chi connectivity index (χ4v) is 2.96. The fraction of sp³-hybridized carbons (Fsp3) is 0.600. The van der Waals surface area contributed by atoms with Crippen LogP contribution in [0.4, 0.5) is 0 Å². The maximum atomic E-state index is 9.99. The average Bonchev–Trinajstić information content (AvgIpc) is 2.82. The molecule has 0 amide bonds. The van der Waals surface area contributed by atoms with Gasteiger partial charge in [0.25, 0.3) is 0 Å². The number of hydrogen-bond donors (Lipinski definition) is 1. The molecule has 3 nitrogen and oxygen atoms in total. The molecule has 0 saturated carbocycles. The summed E-state index contributed by atoms with van der Waals surface area (Å²) in [5, 5.41) is 9.99. The third kappa shape index (κ3) is 2.85. The smallest absolute Gasteiger partial charge is 0.120 e. The van der Waals surface area contributed by atoms with Crippen LogP contribution in [0.1, 0.15) is 31.4 Å². The third-order valence-corrected chi connectivity index (χ3v) is 3.84. The Hall–Kier alpha value is -1.06. The predicted molar refractivity (Wildman–Crippen MR) is 72.7 cm³/mol. The molecule has 2 rings (SSSR count). The zero-order valence-corrected chi connectivity index (χ0v) is 11.3. The molecule has 1 N–H and O–H groups in total. The van der Waals surface area contributed by atoms with Crippen molar-refractivity contribution in [2.75, 3.05) is 26.8 Å². The van der Waals surface area contributed by atoms with Gasteiger partial charge in [-0.3, -0.25) is 4.90 Å². The summed E-state index contributed by atoms with van der Waals surface area (Å²) in [5.74, 6) is 1.05. The van der Waals surface area contributed by atoms with E-state index in [2.05, 4.69) is 11.8 Å². The first-order chi connectivity index (χ1) is 8.76. The van der Waals surface area contributed by atoms with Gasteiger partial charge in [-0.1, -0.05) is 25.1 Å². The summed E-state index contributed by atoms with van der Waals surface area (Å²) < 4.78 is 5.24. The summed E-state index contributed by atoms with van der Waals surface area (Å²) in [7, 11) is 1.77. The Morgan fingerprint density at radius 3 is 2.89 bits per heavy atom. The van der Waals surface area contributed by atoms with E-state index in [-0.39, 0.29) is 0 Å². The van der Waals surface area contributed by atoms with Crippen LogP contribution in [-0.4, -0.2) is 36.8 Å². The van der Waals surface area contributed by atoms with Crippen LogP contribution in [0, 0.1) is 5.92 Å². The van der Waals surface area contributed by atoms with Gasteiger partial charge in [0.05, 0.1) is 6.61 Å². The number of phenols is 1. The number of ether oxygens (including phenoxy) is 1. The first-order valence-electron chi connectivity index (χ1n) is 6.77. The highest BCUT2D eigenvalue weighted by Crippen LogP contribution is 2.34. The van der Waals surface area contributed by atoms with Crippen LogP contribution >= 0.6 is 0 Å². The molecule has 0 radical (unpaired) electrons. The lowest BCUT2D eigenvalue weighted by molar-refractivity contribution is 0.145. The SMILES string of the molecule is CCC(c1ccccc1O)N1CCC(COC)C1.